The molecule has 0 bridgehead atoms. The van der Waals surface area contributed by atoms with Gasteiger partial charge in [0.15, 0.2) is 0 Å². The van der Waals surface area contributed by atoms with Crippen molar-refractivity contribution in [3.63, 3.8) is 0 Å². The zero-order valence-electron chi connectivity index (χ0n) is 11.8. The van der Waals surface area contributed by atoms with E-state index in [1.165, 1.54) is 0 Å². The van der Waals surface area contributed by atoms with Crippen LogP contribution in [0, 0.1) is 11.3 Å². The summed E-state index contributed by atoms with van der Waals surface area (Å²) in [7, 11) is 0. The maximum absolute atomic E-state index is 9.62. The predicted molar refractivity (Wildman–Crippen MR) is 90.1 cm³/mol. The first kappa shape index (κ1) is 13.8. The van der Waals surface area contributed by atoms with Crippen molar-refractivity contribution in [3.05, 3.63) is 66.4 Å². The molecule has 1 heterocycles. The fraction of sp³-hybridized carbons (Fsp3) is 0.167. The Bertz CT molecular complexity index is 814. The normalized spacial score (nSPS) is 13.8. The number of nitriles is 1. The summed E-state index contributed by atoms with van der Waals surface area (Å²) >= 11 is 4.40. The Kier molecular flexibility index (Phi) is 3.48. The molecule has 0 aliphatic heterocycles. The van der Waals surface area contributed by atoms with Gasteiger partial charge in [-0.3, -0.25) is 0 Å². The first-order chi connectivity index (χ1) is 10.2. The van der Waals surface area contributed by atoms with Crippen molar-refractivity contribution in [2.24, 2.45) is 0 Å². The minimum Gasteiger partial charge on any atom is -0.312 e. The summed E-state index contributed by atoms with van der Waals surface area (Å²) in [6, 6.07) is 22.9. The van der Waals surface area contributed by atoms with Crippen LogP contribution in [-0.2, 0) is 5.41 Å². The van der Waals surface area contributed by atoms with Gasteiger partial charge in [-0.25, -0.2) is 0 Å². The molecule has 1 unspecified atom stereocenters. The van der Waals surface area contributed by atoms with E-state index in [0.717, 1.165) is 22.3 Å². The smallest absolute Gasteiger partial charge is 0.104 e. The highest BCUT2D eigenvalue weighted by Gasteiger charge is 2.30. The molecule has 0 radical (unpaired) electrons. The van der Waals surface area contributed by atoms with E-state index in [1.807, 2.05) is 37.3 Å². The van der Waals surface area contributed by atoms with Gasteiger partial charge in [-0.15, -0.1) is 0 Å². The average Bonchev–Trinajstić information content (AvgIpc) is 2.95. The highest BCUT2D eigenvalue weighted by molar-refractivity contribution is 7.80. The highest BCUT2D eigenvalue weighted by Crippen LogP contribution is 2.33. The van der Waals surface area contributed by atoms with E-state index in [0.29, 0.717) is 5.75 Å². The molecule has 0 N–H and O–H groups in total. The van der Waals surface area contributed by atoms with Gasteiger partial charge in [0.1, 0.15) is 5.41 Å². The lowest BCUT2D eigenvalue weighted by Gasteiger charge is -2.22. The van der Waals surface area contributed by atoms with Crippen molar-refractivity contribution in [1.29, 1.82) is 5.26 Å². The van der Waals surface area contributed by atoms with Crippen LogP contribution in [0.5, 0.6) is 0 Å². The summed E-state index contributed by atoms with van der Waals surface area (Å²) in [5.41, 5.74) is 2.53. The molecule has 0 fully saturated rings. The lowest BCUT2D eigenvalue weighted by atomic mass is 9.90. The van der Waals surface area contributed by atoms with Crippen molar-refractivity contribution >= 4 is 23.5 Å². The Morgan fingerprint density at radius 2 is 1.76 bits per heavy atom. The van der Waals surface area contributed by atoms with Gasteiger partial charge in [0.05, 0.1) is 11.6 Å². The van der Waals surface area contributed by atoms with Crippen LogP contribution < -0.4 is 0 Å². The van der Waals surface area contributed by atoms with Gasteiger partial charge >= 0.3 is 0 Å². The standard InChI is InChI=1S/C18H16N2S/c1-18(12-19,13-21)17-11-14-7-5-6-10-16(14)20(17)15-8-3-2-4-9-15/h2-11,21H,13H2,1H3. The molecule has 0 spiro atoms. The molecule has 0 aliphatic rings. The molecule has 2 aromatic carbocycles. The summed E-state index contributed by atoms with van der Waals surface area (Å²) in [5.74, 6) is 0.479. The summed E-state index contributed by atoms with van der Waals surface area (Å²) in [6.45, 7) is 1.94. The quantitative estimate of drug-likeness (QED) is 0.715. The van der Waals surface area contributed by atoms with Crippen LogP contribution >= 0.6 is 12.6 Å². The molecule has 0 saturated heterocycles. The second kappa shape index (κ2) is 5.31. The van der Waals surface area contributed by atoms with Crippen LogP contribution in [0.3, 0.4) is 0 Å². The van der Waals surface area contributed by atoms with Crippen LogP contribution in [-0.4, -0.2) is 10.3 Å². The van der Waals surface area contributed by atoms with E-state index in [1.54, 1.807) is 0 Å². The van der Waals surface area contributed by atoms with Gasteiger partial charge in [0.2, 0.25) is 0 Å². The maximum Gasteiger partial charge on any atom is 0.104 e. The van der Waals surface area contributed by atoms with E-state index in [4.69, 9.17) is 0 Å². The second-order valence-electron chi connectivity index (χ2n) is 5.36. The van der Waals surface area contributed by atoms with E-state index in [-0.39, 0.29) is 0 Å². The third kappa shape index (κ3) is 2.22. The van der Waals surface area contributed by atoms with Gasteiger partial charge in [-0.1, -0.05) is 36.4 Å². The van der Waals surface area contributed by atoms with Crippen LogP contribution in [0.2, 0.25) is 0 Å². The lowest BCUT2D eigenvalue weighted by Crippen LogP contribution is -2.25. The van der Waals surface area contributed by atoms with Crippen molar-refractivity contribution < 1.29 is 0 Å². The van der Waals surface area contributed by atoms with Gasteiger partial charge < -0.3 is 4.57 Å². The number of para-hydroxylation sites is 2. The van der Waals surface area contributed by atoms with Crippen LogP contribution in [0.15, 0.2) is 60.7 Å². The Morgan fingerprint density at radius 1 is 1.10 bits per heavy atom. The third-order valence-electron chi connectivity index (χ3n) is 3.85. The molecule has 3 aromatic rings. The topological polar surface area (TPSA) is 28.7 Å². The molecular weight excluding hydrogens is 276 g/mol. The first-order valence-electron chi connectivity index (χ1n) is 6.88. The predicted octanol–water partition coefficient (Wildman–Crippen LogP) is 4.34. The van der Waals surface area contributed by atoms with Crippen molar-refractivity contribution in [1.82, 2.24) is 4.57 Å². The van der Waals surface area contributed by atoms with Gasteiger partial charge in [-0.05, 0) is 31.2 Å². The average molecular weight is 292 g/mol. The zero-order valence-corrected chi connectivity index (χ0v) is 12.7. The van der Waals surface area contributed by atoms with Crippen molar-refractivity contribution in [3.8, 4) is 11.8 Å². The van der Waals surface area contributed by atoms with E-state index in [9.17, 15) is 5.26 Å². The number of fused-ring (bicyclic) bond motifs is 1. The third-order valence-corrected chi connectivity index (χ3v) is 4.49. The number of benzene rings is 2. The molecule has 0 aliphatic carbocycles. The van der Waals surface area contributed by atoms with Crippen LogP contribution in [0.1, 0.15) is 12.6 Å². The van der Waals surface area contributed by atoms with E-state index < -0.39 is 5.41 Å². The molecule has 3 rings (SSSR count). The summed E-state index contributed by atoms with van der Waals surface area (Å²) in [6.07, 6.45) is 0. The summed E-state index contributed by atoms with van der Waals surface area (Å²) in [4.78, 5) is 0. The number of hydrogen-bond acceptors (Lipinski definition) is 2. The number of nitrogens with zero attached hydrogens (tertiary/aromatic N) is 2. The van der Waals surface area contributed by atoms with Gasteiger partial charge in [0.25, 0.3) is 0 Å². The van der Waals surface area contributed by atoms with Gasteiger partial charge in [-0.2, -0.15) is 17.9 Å². The molecule has 2 nitrogen and oxygen atoms in total. The number of aromatic nitrogens is 1. The molecule has 104 valence electrons. The fourth-order valence-electron chi connectivity index (χ4n) is 2.59. The van der Waals surface area contributed by atoms with E-state index >= 15 is 0 Å². The zero-order chi connectivity index (χ0) is 14.9. The molecule has 3 heteroatoms. The lowest BCUT2D eigenvalue weighted by molar-refractivity contribution is 0.659. The molecular formula is C18H16N2S. The number of thiol groups is 1. The second-order valence-corrected chi connectivity index (χ2v) is 5.68. The molecule has 1 atom stereocenters. The van der Waals surface area contributed by atoms with Crippen molar-refractivity contribution in [2.75, 3.05) is 5.75 Å². The highest BCUT2D eigenvalue weighted by atomic mass is 32.1. The van der Waals surface area contributed by atoms with Crippen LogP contribution in [0.25, 0.3) is 16.6 Å². The molecule has 21 heavy (non-hydrogen) atoms. The summed E-state index contributed by atoms with van der Waals surface area (Å²) < 4.78 is 2.16. The Morgan fingerprint density at radius 3 is 2.43 bits per heavy atom. The fourth-order valence-corrected chi connectivity index (χ4v) is 2.82. The first-order valence-corrected chi connectivity index (χ1v) is 7.51. The van der Waals surface area contributed by atoms with Gasteiger partial charge in [0, 0.05) is 22.5 Å². The maximum atomic E-state index is 9.62. The minimum atomic E-state index is -0.627. The monoisotopic (exact) mass is 292 g/mol. The Hall–Kier alpha value is -2.18. The van der Waals surface area contributed by atoms with E-state index in [2.05, 4.69) is 53.6 Å². The summed E-state index contributed by atoms with van der Waals surface area (Å²) in [5, 5.41) is 10.8. The Balaban J connectivity index is 2.38. The van der Waals surface area contributed by atoms with Crippen LogP contribution in [0.4, 0.5) is 0 Å². The largest absolute Gasteiger partial charge is 0.312 e. The molecule has 1 aromatic heterocycles. The number of rotatable bonds is 3. The molecule has 0 saturated carbocycles. The molecule has 0 amide bonds. The number of hydrogen-bond donors (Lipinski definition) is 1. The Labute approximate surface area is 130 Å². The minimum absolute atomic E-state index is 0.479. The SMILES string of the molecule is CC(C#N)(CS)c1cc2ccccc2n1-c1ccccc1. The van der Waals surface area contributed by atoms with Crippen molar-refractivity contribution in [2.45, 2.75) is 12.3 Å².